The number of carbonyl (C=O) groups is 1. The normalized spacial score (nSPS) is 11.0. The monoisotopic (exact) mass is 447 g/mol. The quantitative estimate of drug-likeness (QED) is 0.255. The Labute approximate surface area is 186 Å². The van der Waals surface area contributed by atoms with E-state index in [2.05, 4.69) is 10.6 Å². The number of nitro benzene ring substituents is 1. The molecule has 0 unspecified atom stereocenters. The zero-order valence-electron chi connectivity index (χ0n) is 18.0. The number of thiocarbonyl (C=S) groups is 1. The van der Waals surface area contributed by atoms with Crippen molar-refractivity contribution in [1.29, 1.82) is 0 Å². The maximum atomic E-state index is 13.9. The van der Waals surface area contributed by atoms with Crippen molar-refractivity contribution >= 4 is 34.6 Å². The number of rotatable bonds is 8. The molecule has 0 saturated carbocycles. The molecule has 31 heavy (non-hydrogen) atoms. The van der Waals surface area contributed by atoms with Crippen molar-refractivity contribution in [3.63, 3.8) is 0 Å². The first kappa shape index (κ1) is 24.2. The minimum absolute atomic E-state index is 0.135. The first-order valence-corrected chi connectivity index (χ1v) is 10.2. The van der Waals surface area contributed by atoms with Crippen LogP contribution in [0.2, 0.25) is 0 Å². The number of halogens is 1. The van der Waals surface area contributed by atoms with Gasteiger partial charge in [0.05, 0.1) is 17.2 Å². The third-order valence-corrected chi connectivity index (χ3v) is 5.00. The summed E-state index contributed by atoms with van der Waals surface area (Å²) in [6, 6.07) is 9.02. The van der Waals surface area contributed by atoms with Crippen molar-refractivity contribution in [3.8, 4) is 5.75 Å². The molecule has 0 aliphatic rings. The van der Waals surface area contributed by atoms with Gasteiger partial charge in [0.2, 0.25) is 5.91 Å². The van der Waals surface area contributed by atoms with E-state index in [4.69, 9.17) is 17.0 Å². The summed E-state index contributed by atoms with van der Waals surface area (Å²) in [6.07, 6.45) is 1.19. The van der Waals surface area contributed by atoms with Gasteiger partial charge in [-0.2, -0.15) is 0 Å². The minimum atomic E-state index is -0.752. The van der Waals surface area contributed by atoms with Crippen LogP contribution in [0, 0.1) is 35.2 Å². The van der Waals surface area contributed by atoms with Crippen LogP contribution in [0.15, 0.2) is 36.4 Å². The number of amides is 1. The summed E-state index contributed by atoms with van der Waals surface area (Å²) in [5.41, 5.74) is 0.938. The third kappa shape index (κ3) is 6.99. The van der Waals surface area contributed by atoms with E-state index in [0.29, 0.717) is 19.4 Å². The molecule has 7 nitrogen and oxygen atoms in total. The fourth-order valence-corrected chi connectivity index (χ4v) is 3.02. The maximum absolute atomic E-state index is 13.9. The summed E-state index contributed by atoms with van der Waals surface area (Å²) in [5.74, 6) is -0.237. The number of non-ortho nitro benzene ring substituents is 1. The highest BCUT2D eigenvalue weighted by Crippen LogP contribution is 2.25. The molecule has 0 spiro atoms. The van der Waals surface area contributed by atoms with Gasteiger partial charge in [-0.25, -0.2) is 4.39 Å². The van der Waals surface area contributed by atoms with Crippen LogP contribution in [0.1, 0.15) is 37.8 Å². The Morgan fingerprint density at radius 3 is 2.61 bits per heavy atom. The van der Waals surface area contributed by atoms with E-state index >= 15 is 0 Å². The first-order chi connectivity index (χ1) is 14.5. The Bertz CT molecular complexity index is 995. The van der Waals surface area contributed by atoms with E-state index < -0.39 is 16.2 Å². The van der Waals surface area contributed by atoms with Gasteiger partial charge < -0.3 is 15.4 Å². The predicted octanol–water partition coefficient (Wildman–Crippen LogP) is 5.05. The number of benzene rings is 2. The molecule has 0 atom stereocenters. The number of anilines is 1. The average Bonchev–Trinajstić information content (AvgIpc) is 2.69. The number of carbonyl (C=O) groups excluding carboxylic acids is 1. The molecular weight excluding hydrogens is 421 g/mol. The van der Waals surface area contributed by atoms with Gasteiger partial charge in [0.1, 0.15) is 11.6 Å². The van der Waals surface area contributed by atoms with Crippen LogP contribution >= 0.6 is 12.2 Å². The molecule has 0 fully saturated rings. The van der Waals surface area contributed by atoms with E-state index in [1.165, 1.54) is 0 Å². The molecular formula is C22H26FN3O4S. The molecule has 166 valence electrons. The molecule has 9 heteroatoms. The predicted molar refractivity (Wildman–Crippen MR) is 122 cm³/mol. The number of nitrogens with zero attached hydrogens (tertiary/aromatic N) is 1. The number of hydrogen-bond donors (Lipinski definition) is 2. The summed E-state index contributed by atoms with van der Waals surface area (Å²) >= 11 is 5.07. The third-order valence-electron chi connectivity index (χ3n) is 4.80. The number of aryl methyl sites for hydroxylation is 2. The highest BCUT2D eigenvalue weighted by molar-refractivity contribution is 7.80. The van der Waals surface area contributed by atoms with Crippen LogP contribution in [0.4, 0.5) is 15.8 Å². The van der Waals surface area contributed by atoms with Gasteiger partial charge in [-0.05, 0) is 62.2 Å². The lowest BCUT2D eigenvalue weighted by molar-refractivity contribution is -0.384. The van der Waals surface area contributed by atoms with E-state index in [9.17, 15) is 19.3 Å². The molecule has 2 rings (SSSR count). The minimum Gasteiger partial charge on any atom is -0.493 e. The smallest absolute Gasteiger partial charge is 0.271 e. The fourth-order valence-electron chi connectivity index (χ4n) is 2.82. The summed E-state index contributed by atoms with van der Waals surface area (Å²) in [4.78, 5) is 22.8. The van der Waals surface area contributed by atoms with Crippen LogP contribution in [-0.2, 0) is 4.79 Å². The van der Waals surface area contributed by atoms with Crippen molar-refractivity contribution in [2.24, 2.45) is 5.41 Å². The zero-order valence-corrected chi connectivity index (χ0v) is 18.8. The molecule has 0 aliphatic carbocycles. The van der Waals surface area contributed by atoms with Gasteiger partial charge in [0, 0.05) is 17.5 Å². The molecule has 2 N–H and O–H groups in total. The van der Waals surface area contributed by atoms with Gasteiger partial charge >= 0.3 is 0 Å². The molecule has 0 radical (unpaired) electrons. The van der Waals surface area contributed by atoms with Crippen LogP contribution in [-0.4, -0.2) is 22.5 Å². The lowest BCUT2D eigenvalue weighted by Gasteiger charge is -2.24. The standard InChI is InChI=1S/C22H26FN3O4S/c1-14-6-7-15(2)19(12-14)30-11-5-10-22(3,4)20(27)25-21(31)24-18-13-16(26(28)29)8-9-17(18)23/h6-9,12-13H,5,10-11H2,1-4H3,(H2,24,25,27,31). The second kappa shape index (κ2) is 10.3. The van der Waals surface area contributed by atoms with Gasteiger partial charge in [-0.1, -0.05) is 26.0 Å². The number of nitrogens with one attached hydrogen (secondary N) is 2. The molecule has 2 aromatic carbocycles. The Balaban J connectivity index is 1.87. The van der Waals surface area contributed by atoms with Gasteiger partial charge in [0.25, 0.3) is 5.69 Å². The molecule has 2 aromatic rings. The maximum Gasteiger partial charge on any atom is 0.271 e. The second-order valence-electron chi connectivity index (χ2n) is 7.93. The van der Waals surface area contributed by atoms with Crippen molar-refractivity contribution in [2.45, 2.75) is 40.5 Å². The highest BCUT2D eigenvalue weighted by atomic mass is 32.1. The molecule has 0 saturated heterocycles. The van der Waals surface area contributed by atoms with Crippen molar-refractivity contribution in [3.05, 3.63) is 63.5 Å². The Kier molecular flexibility index (Phi) is 8.04. The van der Waals surface area contributed by atoms with Crippen LogP contribution in [0.25, 0.3) is 0 Å². The summed E-state index contributed by atoms with van der Waals surface area (Å²) in [6.45, 7) is 7.98. The average molecular weight is 448 g/mol. The van der Waals surface area contributed by atoms with Crippen LogP contribution in [0.3, 0.4) is 0 Å². The lowest BCUT2D eigenvalue weighted by atomic mass is 9.87. The zero-order chi connectivity index (χ0) is 23.2. The molecule has 0 aromatic heterocycles. The molecule has 0 aliphatic heterocycles. The highest BCUT2D eigenvalue weighted by Gasteiger charge is 2.28. The molecule has 0 heterocycles. The van der Waals surface area contributed by atoms with Gasteiger partial charge in [-0.15, -0.1) is 0 Å². The number of nitro groups is 1. The molecule has 0 bridgehead atoms. The van der Waals surface area contributed by atoms with Gasteiger partial charge in [0.15, 0.2) is 5.11 Å². The summed E-state index contributed by atoms with van der Waals surface area (Å²) in [5, 5.41) is 15.7. The fraction of sp³-hybridized carbons (Fsp3) is 0.364. The summed E-state index contributed by atoms with van der Waals surface area (Å²) < 4.78 is 19.7. The number of ether oxygens (including phenoxy) is 1. The van der Waals surface area contributed by atoms with Crippen molar-refractivity contribution in [2.75, 3.05) is 11.9 Å². The van der Waals surface area contributed by atoms with E-state index in [1.807, 2.05) is 32.0 Å². The van der Waals surface area contributed by atoms with Crippen molar-refractivity contribution < 1.29 is 18.8 Å². The lowest BCUT2D eigenvalue weighted by Crippen LogP contribution is -2.42. The summed E-state index contributed by atoms with van der Waals surface area (Å²) in [7, 11) is 0. The largest absolute Gasteiger partial charge is 0.493 e. The Morgan fingerprint density at radius 1 is 1.23 bits per heavy atom. The topological polar surface area (TPSA) is 93.5 Å². The van der Waals surface area contributed by atoms with Crippen LogP contribution < -0.4 is 15.4 Å². The van der Waals surface area contributed by atoms with Gasteiger partial charge in [-0.3, -0.25) is 14.9 Å². The Morgan fingerprint density at radius 2 is 1.94 bits per heavy atom. The first-order valence-electron chi connectivity index (χ1n) is 9.76. The van der Waals surface area contributed by atoms with E-state index in [0.717, 1.165) is 35.1 Å². The number of hydrogen-bond acceptors (Lipinski definition) is 5. The van der Waals surface area contributed by atoms with Crippen LogP contribution in [0.5, 0.6) is 5.75 Å². The Hall–Kier alpha value is -3.07. The van der Waals surface area contributed by atoms with Crippen molar-refractivity contribution in [1.82, 2.24) is 5.32 Å². The van der Waals surface area contributed by atoms with E-state index in [-0.39, 0.29) is 22.4 Å². The second-order valence-corrected chi connectivity index (χ2v) is 8.34. The van der Waals surface area contributed by atoms with E-state index in [1.54, 1.807) is 13.8 Å². The molecule has 1 amide bonds. The SMILES string of the molecule is Cc1ccc(C)c(OCCCC(C)(C)C(=O)NC(=S)Nc2cc([N+](=O)[O-])ccc2F)c1.